The Kier molecular flexibility index (Phi) is 2.75. The average molecular weight is 187 g/mol. The number of carbonyl (C=O) groups excluding carboxylic acids is 2. The molecule has 1 saturated heterocycles. The van der Waals surface area contributed by atoms with Crippen LogP contribution >= 0.6 is 0 Å². The first kappa shape index (κ1) is 9.83. The molecule has 13 heavy (non-hydrogen) atoms. The van der Waals surface area contributed by atoms with Gasteiger partial charge in [0.2, 0.25) is 6.10 Å². The van der Waals surface area contributed by atoms with E-state index in [0.717, 1.165) is 0 Å². The highest BCUT2D eigenvalue weighted by Gasteiger charge is 2.41. The monoisotopic (exact) mass is 187 g/mol. The maximum atomic E-state index is 11.1. The second-order valence-corrected chi connectivity index (χ2v) is 3.26. The average Bonchev–Trinajstić information content (AvgIpc) is 2.46. The molecule has 0 saturated carbocycles. The summed E-state index contributed by atoms with van der Waals surface area (Å²) in [6.07, 6.45) is -1.37. The Morgan fingerprint density at radius 3 is 2.69 bits per heavy atom. The molecule has 0 aromatic carbocycles. The van der Waals surface area contributed by atoms with Crippen molar-refractivity contribution in [2.24, 2.45) is 5.92 Å². The number of carbonyl (C=O) groups is 2. The third kappa shape index (κ3) is 1.91. The molecule has 0 aromatic heterocycles. The number of hydrogen-bond acceptors (Lipinski definition) is 4. The summed E-state index contributed by atoms with van der Waals surface area (Å²) in [4.78, 5) is 22.0. The van der Waals surface area contributed by atoms with Gasteiger partial charge in [-0.25, -0.2) is 9.59 Å². The van der Waals surface area contributed by atoms with Gasteiger partial charge in [-0.3, -0.25) is 0 Å². The van der Waals surface area contributed by atoms with Crippen LogP contribution in [-0.4, -0.2) is 31.3 Å². The number of cyclic esters (lactones) is 1. The predicted octanol–water partition coefficient (Wildman–Crippen LogP) is 0.292. The summed E-state index contributed by atoms with van der Waals surface area (Å²) in [6, 6.07) is -0.292. The van der Waals surface area contributed by atoms with Crippen LogP contribution in [0.15, 0.2) is 0 Å². The van der Waals surface area contributed by atoms with Gasteiger partial charge in [0.1, 0.15) is 0 Å². The van der Waals surface area contributed by atoms with Crippen LogP contribution in [0.4, 0.5) is 4.79 Å². The Labute approximate surface area is 76.4 Å². The maximum absolute atomic E-state index is 11.1. The van der Waals surface area contributed by atoms with Gasteiger partial charge in [-0.05, 0) is 5.92 Å². The van der Waals surface area contributed by atoms with E-state index in [-0.39, 0.29) is 12.0 Å². The third-order valence-electron chi connectivity index (χ3n) is 2.00. The quantitative estimate of drug-likeness (QED) is 0.631. The van der Waals surface area contributed by atoms with Gasteiger partial charge in [0.25, 0.3) is 0 Å². The Morgan fingerprint density at radius 1 is 1.62 bits per heavy atom. The van der Waals surface area contributed by atoms with Crippen LogP contribution in [0.2, 0.25) is 0 Å². The van der Waals surface area contributed by atoms with E-state index in [1.165, 1.54) is 7.11 Å². The SMILES string of the molecule is COC(=O)C1OC(=O)N[C@H]1C(C)C. The predicted molar refractivity (Wildman–Crippen MR) is 44.0 cm³/mol. The molecule has 2 atom stereocenters. The summed E-state index contributed by atoms with van der Waals surface area (Å²) in [5.74, 6) is -0.382. The van der Waals surface area contributed by atoms with Gasteiger partial charge in [-0.15, -0.1) is 0 Å². The Balaban J connectivity index is 2.71. The van der Waals surface area contributed by atoms with Crippen molar-refractivity contribution in [3.8, 4) is 0 Å². The van der Waals surface area contributed by atoms with Crippen molar-refractivity contribution < 1.29 is 19.1 Å². The molecule has 1 amide bonds. The standard InChI is InChI=1S/C8H13NO4/c1-4(2)5-6(7(10)12-3)13-8(11)9-5/h4-6H,1-3H3,(H,9,11)/t5-,6?/m0/s1. The first-order valence-corrected chi connectivity index (χ1v) is 4.11. The Morgan fingerprint density at radius 2 is 2.23 bits per heavy atom. The van der Waals surface area contributed by atoms with Crippen LogP contribution in [0.25, 0.3) is 0 Å². The van der Waals surface area contributed by atoms with Crippen LogP contribution in [0.1, 0.15) is 13.8 Å². The van der Waals surface area contributed by atoms with E-state index < -0.39 is 18.2 Å². The van der Waals surface area contributed by atoms with Crippen molar-refractivity contribution in [2.75, 3.05) is 7.11 Å². The van der Waals surface area contributed by atoms with Crippen molar-refractivity contribution >= 4 is 12.1 Å². The molecule has 1 N–H and O–H groups in total. The number of rotatable bonds is 2. The van der Waals surface area contributed by atoms with Crippen molar-refractivity contribution in [3.63, 3.8) is 0 Å². The molecule has 1 aliphatic rings. The van der Waals surface area contributed by atoms with Crippen LogP contribution < -0.4 is 5.32 Å². The first-order valence-electron chi connectivity index (χ1n) is 4.11. The molecule has 0 spiro atoms. The van der Waals surface area contributed by atoms with Crippen molar-refractivity contribution in [1.82, 2.24) is 5.32 Å². The van der Waals surface area contributed by atoms with Gasteiger partial charge in [-0.2, -0.15) is 0 Å². The fourth-order valence-corrected chi connectivity index (χ4v) is 1.26. The number of esters is 1. The van der Waals surface area contributed by atoms with Gasteiger partial charge >= 0.3 is 12.1 Å². The zero-order valence-electron chi connectivity index (χ0n) is 7.87. The Bertz CT molecular complexity index is 226. The smallest absolute Gasteiger partial charge is 0.408 e. The second kappa shape index (κ2) is 3.64. The summed E-state index contributed by atoms with van der Waals surface area (Å²) >= 11 is 0. The second-order valence-electron chi connectivity index (χ2n) is 3.26. The van der Waals surface area contributed by atoms with Crippen LogP contribution in [0, 0.1) is 5.92 Å². The lowest BCUT2D eigenvalue weighted by Gasteiger charge is -2.17. The lowest BCUT2D eigenvalue weighted by atomic mass is 10.00. The number of ether oxygens (including phenoxy) is 2. The molecule has 5 nitrogen and oxygen atoms in total. The number of methoxy groups -OCH3 is 1. The minimum Gasteiger partial charge on any atom is -0.466 e. The summed E-state index contributed by atoms with van der Waals surface area (Å²) in [7, 11) is 1.27. The zero-order valence-corrected chi connectivity index (χ0v) is 7.87. The molecular weight excluding hydrogens is 174 g/mol. The number of amides is 1. The molecule has 74 valence electrons. The highest BCUT2D eigenvalue weighted by Crippen LogP contribution is 2.17. The number of alkyl carbamates (subject to hydrolysis) is 1. The minimum absolute atomic E-state index is 0.135. The molecule has 5 heteroatoms. The maximum Gasteiger partial charge on any atom is 0.408 e. The van der Waals surface area contributed by atoms with E-state index in [4.69, 9.17) is 4.74 Å². The highest BCUT2D eigenvalue weighted by atomic mass is 16.6. The van der Waals surface area contributed by atoms with E-state index >= 15 is 0 Å². The van der Waals surface area contributed by atoms with E-state index in [9.17, 15) is 9.59 Å². The molecule has 0 bridgehead atoms. The fourth-order valence-electron chi connectivity index (χ4n) is 1.26. The first-order chi connectivity index (χ1) is 6.06. The summed E-state index contributed by atoms with van der Waals surface area (Å²) in [5.41, 5.74) is 0. The van der Waals surface area contributed by atoms with Crippen molar-refractivity contribution in [2.45, 2.75) is 26.0 Å². The van der Waals surface area contributed by atoms with Gasteiger partial charge < -0.3 is 14.8 Å². The molecule has 0 radical (unpaired) electrons. The summed E-state index contributed by atoms with van der Waals surface area (Å²) in [5, 5.41) is 2.56. The number of hydrogen-bond donors (Lipinski definition) is 1. The van der Waals surface area contributed by atoms with Gasteiger partial charge in [-0.1, -0.05) is 13.8 Å². The minimum atomic E-state index is -0.808. The lowest BCUT2D eigenvalue weighted by molar-refractivity contribution is -0.150. The molecule has 0 aliphatic carbocycles. The summed E-state index contributed by atoms with van der Waals surface area (Å²) in [6.45, 7) is 3.80. The third-order valence-corrected chi connectivity index (χ3v) is 2.00. The van der Waals surface area contributed by atoms with E-state index in [0.29, 0.717) is 0 Å². The molecule has 1 fully saturated rings. The summed E-state index contributed by atoms with van der Waals surface area (Å²) < 4.78 is 9.27. The van der Waals surface area contributed by atoms with E-state index in [1.807, 2.05) is 13.8 Å². The van der Waals surface area contributed by atoms with Gasteiger partial charge in [0.15, 0.2) is 0 Å². The lowest BCUT2D eigenvalue weighted by Crippen LogP contribution is -2.41. The highest BCUT2D eigenvalue weighted by molar-refractivity contribution is 5.83. The largest absolute Gasteiger partial charge is 0.466 e. The normalized spacial score (nSPS) is 26.9. The van der Waals surface area contributed by atoms with Crippen LogP contribution in [0.3, 0.4) is 0 Å². The fraction of sp³-hybridized carbons (Fsp3) is 0.750. The topological polar surface area (TPSA) is 64.6 Å². The molecule has 1 aliphatic heterocycles. The van der Waals surface area contributed by atoms with Gasteiger partial charge in [0.05, 0.1) is 13.2 Å². The van der Waals surface area contributed by atoms with Crippen LogP contribution in [0.5, 0.6) is 0 Å². The van der Waals surface area contributed by atoms with Crippen LogP contribution in [-0.2, 0) is 14.3 Å². The molecule has 1 heterocycles. The molecular formula is C8H13NO4. The van der Waals surface area contributed by atoms with Crippen molar-refractivity contribution in [1.29, 1.82) is 0 Å². The van der Waals surface area contributed by atoms with E-state index in [2.05, 4.69) is 10.1 Å². The molecule has 0 aromatic rings. The van der Waals surface area contributed by atoms with E-state index in [1.54, 1.807) is 0 Å². The molecule has 1 rings (SSSR count). The zero-order chi connectivity index (χ0) is 10.0. The van der Waals surface area contributed by atoms with Gasteiger partial charge in [0, 0.05) is 0 Å². The molecule has 1 unspecified atom stereocenters. The number of nitrogens with one attached hydrogen (secondary N) is 1. The van der Waals surface area contributed by atoms with Crippen molar-refractivity contribution in [3.05, 3.63) is 0 Å². The Hall–Kier alpha value is -1.26.